The number of amides is 1. The average molecular weight is 418 g/mol. The molecule has 1 N–H and O–H groups in total. The number of halogens is 1. The fourth-order valence-corrected chi connectivity index (χ4v) is 2.36. The van der Waals surface area contributed by atoms with Gasteiger partial charge in [0.05, 0.1) is 19.1 Å². The van der Waals surface area contributed by atoms with E-state index >= 15 is 0 Å². The standard InChI is InChI=1S/C20H19FN2O7/c1-12(20(25)22-14-6-8-16(21)17(10-14)23(26)27)30-19(24)9-5-13-4-7-15(28-2)11-18(13)29-3/h4-12H,1-3H3,(H,22,25)/b9-5+/t12-/m1/s1. The first-order chi connectivity index (χ1) is 14.2. The number of methoxy groups -OCH3 is 2. The summed E-state index contributed by atoms with van der Waals surface area (Å²) in [6.45, 7) is 1.33. The summed E-state index contributed by atoms with van der Waals surface area (Å²) >= 11 is 0. The zero-order valence-corrected chi connectivity index (χ0v) is 16.4. The number of carbonyl (C=O) groups is 2. The normalized spacial score (nSPS) is 11.6. The summed E-state index contributed by atoms with van der Waals surface area (Å²) in [4.78, 5) is 34.0. The minimum absolute atomic E-state index is 0.00508. The first kappa shape index (κ1) is 22.3. The van der Waals surface area contributed by atoms with Crippen molar-refractivity contribution in [2.45, 2.75) is 13.0 Å². The second-order valence-electron chi connectivity index (χ2n) is 5.93. The Kier molecular flexibility index (Phi) is 7.45. The average Bonchev–Trinajstić information content (AvgIpc) is 2.73. The molecule has 1 amide bonds. The van der Waals surface area contributed by atoms with Crippen molar-refractivity contribution in [3.05, 3.63) is 64.0 Å². The number of nitro benzene ring substituents is 1. The van der Waals surface area contributed by atoms with E-state index in [-0.39, 0.29) is 5.69 Å². The Morgan fingerprint density at radius 3 is 2.53 bits per heavy atom. The molecule has 1 atom stereocenters. The summed E-state index contributed by atoms with van der Waals surface area (Å²) in [5.74, 6) is -1.50. The number of esters is 1. The van der Waals surface area contributed by atoms with Crippen LogP contribution in [0.1, 0.15) is 12.5 Å². The molecular formula is C20H19FN2O7. The van der Waals surface area contributed by atoms with Gasteiger partial charge in [-0.3, -0.25) is 14.9 Å². The van der Waals surface area contributed by atoms with Crippen LogP contribution < -0.4 is 14.8 Å². The highest BCUT2D eigenvalue weighted by Crippen LogP contribution is 2.25. The number of hydrogen-bond acceptors (Lipinski definition) is 7. The molecule has 2 rings (SSSR count). The Morgan fingerprint density at radius 2 is 1.90 bits per heavy atom. The van der Waals surface area contributed by atoms with Gasteiger partial charge in [0.15, 0.2) is 6.10 Å². The predicted octanol–water partition coefficient (Wildman–Crippen LogP) is 3.33. The van der Waals surface area contributed by atoms with Crippen molar-refractivity contribution in [1.82, 2.24) is 0 Å². The van der Waals surface area contributed by atoms with Crippen LogP contribution in [0.5, 0.6) is 11.5 Å². The third kappa shape index (κ3) is 5.77. The maximum Gasteiger partial charge on any atom is 0.331 e. The molecule has 0 aromatic heterocycles. The third-order valence-electron chi connectivity index (χ3n) is 3.91. The van der Waals surface area contributed by atoms with Crippen LogP contribution in [0.15, 0.2) is 42.5 Å². The maximum atomic E-state index is 13.4. The highest BCUT2D eigenvalue weighted by Gasteiger charge is 2.19. The summed E-state index contributed by atoms with van der Waals surface area (Å²) < 4.78 is 28.7. The van der Waals surface area contributed by atoms with Crippen molar-refractivity contribution in [2.24, 2.45) is 0 Å². The van der Waals surface area contributed by atoms with Gasteiger partial charge in [0.25, 0.3) is 5.91 Å². The van der Waals surface area contributed by atoms with Crippen LogP contribution in [-0.2, 0) is 14.3 Å². The van der Waals surface area contributed by atoms with Crippen molar-refractivity contribution >= 4 is 29.3 Å². The molecule has 0 spiro atoms. The summed E-state index contributed by atoms with van der Waals surface area (Å²) in [5, 5.41) is 13.1. The summed E-state index contributed by atoms with van der Waals surface area (Å²) in [5.41, 5.74) is -0.200. The van der Waals surface area contributed by atoms with Crippen LogP contribution >= 0.6 is 0 Å². The Hall–Kier alpha value is -3.95. The lowest BCUT2D eigenvalue weighted by Gasteiger charge is -2.12. The van der Waals surface area contributed by atoms with Crippen LogP contribution in [0.2, 0.25) is 0 Å². The molecule has 9 nitrogen and oxygen atoms in total. The Labute approximate surface area is 171 Å². The smallest absolute Gasteiger partial charge is 0.331 e. The van der Waals surface area contributed by atoms with Crippen molar-refractivity contribution in [3.8, 4) is 11.5 Å². The molecule has 2 aromatic carbocycles. The number of rotatable bonds is 8. The van der Waals surface area contributed by atoms with Crippen LogP contribution in [-0.4, -0.2) is 37.1 Å². The van der Waals surface area contributed by atoms with Crippen molar-refractivity contribution in [3.63, 3.8) is 0 Å². The van der Waals surface area contributed by atoms with Gasteiger partial charge in [0.2, 0.25) is 5.82 Å². The molecule has 0 radical (unpaired) electrons. The van der Waals surface area contributed by atoms with Gasteiger partial charge in [-0.15, -0.1) is 0 Å². The van der Waals surface area contributed by atoms with E-state index in [0.29, 0.717) is 17.1 Å². The molecule has 158 valence electrons. The molecule has 0 saturated carbocycles. The van der Waals surface area contributed by atoms with Gasteiger partial charge in [-0.05, 0) is 37.3 Å². The molecule has 0 aliphatic rings. The fourth-order valence-electron chi connectivity index (χ4n) is 2.36. The van der Waals surface area contributed by atoms with Gasteiger partial charge in [0, 0.05) is 29.5 Å². The second kappa shape index (κ2) is 10.0. The molecule has 10 heteroatoms. The third-order valence-corrected chi connectivity index (χ3v) is 3.91. The molecule has 0 fully saturated rings. The molecule has 0 aliphatic heterocycles. The Balaban J connectivity index is 2.00. The predicted molar refractivity (Wildman–Crippen MR) is 106 cm³/mol. The van der Waals surface area contributed by atoms with E-state index in [2.05, 4.69) is 5.32 Å². The zero-order chi connectivity index (χ0) is 22.3. The molecule has 2 aromatic rings. The van der Waals surface area contributed by atoms with Crippen molar-refractivity contribution in [1.29, 1.82) is 0 Å². The number of ether oxygens (including phenoxy) is 3. The maximum absolute atomic E-state index is 13.4. The highest BCUT2D eigenvalue weighted by molar-refractivity contribution is 5.96. The lowest BCUT2D eigenvalue weighted by Crippen LogP contribution is -2.29. The quantitative estimate of drug-likeness (QED) is 0.302. The van der Waals surface area contributed by atoms with E-state index in [0.717, 1.165) is 24.3 Å². The van der Waals surface area contributed by atoms with Crippen LogP contribution in [0.4, 0.5) is 15.8 Å². The number of carbonyl (C=O) groups excluding carboxylic acids is 2. The van der Waals surface area contributed by atoms with E-state index in [9.17, 15) is 24.1 Å². The topological polar surface area (TPSA) is 117 Å². The van der Waals surface area contributed by atoms with Gasteiger partial charge >= 0.3 is 11.7 Å². The van der Waals surface area contributed by atoms with Gasteiger partial charge < -0.3 is 19.5 Å². The Bertz CT molecular complexity index is 991. The van der Waals surface area contributed by atoms with E-state index in [4.69, 9.17) is 14.2 Å². The second-order valence-corrected chi connectivity index (χ2v) is 5.93. The van der Waals surface area contributed by atoms with Crippen LogP contribution in [0.3, 0.4) is 0 Å². The number of nitro groups is 1. The van der Waals surface area contributed by atoms with Gasteiger partial charge in [-0.1, -0.05) is 0 Å². The van der Waals surface area contributed by atoms with Crippen molar-refractivity contribution in [2.75, 3.05) is 19.5 Å². The van der Waals surface area contributed by atoms with Crippen LogP contribution in [0.25, 0.3) is 6.08 Å². The van der Waals surface area contributed by atoms with E-state index < -0.39 is 34.4 Å². The number of nitrogens with one attached hydrogen (secondary N) is 1. The lowest BCUT2D eigenvalue weighted by atomic mass is 10.1. The lowest BCUT2D eigenvalue weighted by molar-refractivity contribution is -0.387. The SMILES string of the molecule is COc1ccc(/C=C/C(=O)O[C@H](C)C(=O)Nc2ccc(F)c([N+](=O)[O-])c2)c(OC)c1. The Morgan fingerprint density at radius 1 is 1.17 bits per heavy atom. The zero-order valence-electron chi connectivity index (χ0n) is 16.4. The summed E-state index contributed by atoms with van der Waals surface area (Å²) in [7, 11) is 2.98. The summed E-state index contributed by atoms with van der Waals surface area (Å²) in [6, 6.07) is 7.89. The first-order valence-corrected chi connectivity index (χ1v) is 8.60. The van der Waals surface area contributed by atoms with E-state index in [1.54, 1.807) is 18.2 Å². The molecular weight excluding hydrogens is 399 g/mol. The first-order valence-electron chi connectivity index (χ1n) is 8.60. The molecule has 0 aliphatic carbocycles. The number of nitrogens with zero attached hydrogens (tertiary/aromatic N) is 1. The van der Waals surface area contributed by atoms with Crippen molar-refractivity contribution < 1.29 is 33.1 Å². The number of anilines is 1. The summed E-state index contributed by atoms with van der Waals surface area (Å²) in [6.07, 6.45) is 1.37. The monoisotopic (exact) mass is 418 g/mol. The largest absolute Gasteiger partial charge is 0.497 e. The molecule has 0 bridgehead atoms. The minimum Gasteiger partial charge on any atom is -0.497 e. The van der Waals surface area contributed by atoms with Gasteiger partial charge in [0.1, 0.15) is 11.5 Å². The van der Waals surface area contributed by atoms with Gasteiger partial charge in [-0.25, -0.2) is 4.79 Å². The molecule has 0 unspecified atom stereocenters. The highest BCUT2D eigenvalue weighted by atomic mass is 19.1. The molecule has 30 heavy (non-hydrogen) atoms. The molecule has 0 saturated heterocycles. The number of benzene rings is 2. The fraction of sp³-hybridized carbons (Fsp3) is 0.200. The van der Waals surface area contributed by atoms with Crippen LogP contribution in [0, 0.1) is 15.9 Å². The van der Waals surface area contributed by atoms with Gasteiger partial charge in [-0.2, -0.15) is 4.39 Å². The van der Waals surface area contributed by atoms with E-state index in [1.807, 2.05) is 0 Å². The number of hydrogen-bond donors (Lipinski definition) is 1. The molecule has 0 heterocycles. The van der Waals surface area contributed by atoms with E-state index in [1.165, 1.54) is 27.2 Å². The minimum atomic E-state index is -1.20.